The van der Waals surface area contributed by atoms with Gasteiger partial charge in [-0.3, -0.25) is 9.78 Å². The maximum Gasteiger partial charge on any atom is 0.261 e. The molecule has 1 saturated heterocycles. The van der Waals surface area contributed by atoms with Crippen molar-refractivity contribution in [3.8, 4) is 5.75 Å². The number of pyridine rings is 1. The van der Waals surface area contributed by atoms with Crippen LogP contribution in [0.1, 0.15) is 35.8 Å². The van der Waals surface area contributed by atoms with Gasteiger partial charge in [-0.15, -0.1) is 0 Å². The van der Waals surface area contributed by atoms with Gasteiger partial charge in [0.1, 0.15) is 17.4 Å². The highest BCUT2D eigenvalue weighted by molar-refractivity contribution is 5.78. The lowest BCUT2D eigenvalue weighted by atomic mass is 10.1. The van der Waals surface area contributed by atoms with E-state index in [0.29, 0.717) is 18.7 Å². The third kappa shape index (κ3) is 4.82. The summed E-state index contributed by atoms with van der Waals surface area (Å²) in [5.74, 6) is -0.287. The van der Waals surface area contributed by atoms with Crippen molar-refractivity contribution >= 4 is 5.91 Å². The van der Waals surface area contributed by atoms with Crippen LogP contribution in [0.15, 0.2) is 66.7 Å². The Morgan fingerprint density at radius 3 is 2.63 bits per heavy atom. The van der Waals surface area contributed by atoms with E-state index in [2.05, 4.69) is 0 Å². The topological polar surface area (TPSA) is 42.4 Å². The molecular weight excluding hydrogens is 386 g/mol. The molecule has 1 aromatic heterocycles. The van der Waals surface area contributed by atoms with Crippen LogP contribution in [-0.2, 0) is 11.2 Å². The highest BCUT2D eigenvalue weighted by Gasteiger charge is 2.31. The predicted octanol–water partition coefficient (Wildman–Crippen LogP) is 4.69. The first-order valence-electron chi connectivity index (χ1n) is 9.96. The molecule has 2 aromatic carbocycles. The lowest BCUT2D eigenvalue weighted by Crippen LogP contribution is -2.34. The van der Waals surface area contributed by atoms with E-state index in [4.69, 9.17) is 9.72 Å². The zero-order chi connectivity index (χ0) is 20.9. The van der Waals surface area contributed by atoms with Crippen molar-refractivity contribution in [2.24, 2.45) is 0 Å². The number of hydrogen-bond donors (Lipinski definition) is 0. The van der Waals surface area contributed by atoms with Gasteiger partial charge < -0.3 is 9.64 Å². The number of rotatable bonds is 6. The molecule has 3 aromatic rings. The predicted molar refractivity (Wildman–Crippen MR) is 109 cm³/mol. The Balaban J connectivity index is 1.43. The van der Waals surface area contributed by atoms with Crippen molar-refractivity contribution in [1.82, 2.24) is 9.88 Å². The maximum atomic E-state index is 13.5. The number of carbonyl (C=O) groups excluding carboxylic acids is 1. The van der Waals surface area contributed by atoms with E-state index in [0.717, 1.165) is 29.8 Å². The molecule has 1 aliphatic heterocycles. The lowest BCUT2D eigenvalue weighted by molar-refractivity contribution is -0.134. The zero-order valence-electron chi connectivity index (χ0n) is 16.4. The van der Waals surface area contributed by atoms with Gasteiger partial charge in [0.05, 0.1) is 11.7 Å². The molecule has 1 aliphatic rings. The lowest BCUT2D eigenvalue weighted by Gasteiger charge is -2.24. The number of likely N-dealkylation sites (tertiary alicyclic amines) is 1. The second-order valence-corrected chi connectivity index (χ2v) is 7.35. The van der Waals surface area contributed by atoms with Crippen molar-refractivity contribution in [3.63, 3.8) is 0 Å². The van der Waals surface area contributed by atoms with Gasteiger partial charge in [0.25, 0.3) is 5.91 Å². The molecule has 0 spiro atoms. The molecule has 4 nitrogen and oxygen atoms in total. The number of benzene rings is 2. The fraction of sp³-hybridized carbons (Fsp3) is 0.250. The summed E-state index contributed by atoms with van der Waals surface area (Å²) in [6.45, 7) is 0.539. The molecule has 0 bridgehead atoms. The number of amides is 1. The number of halogens is 2. The van der Waals surface area contributed by atoms with E-state index in [1.807, 2.05) is 24.3 Å². The van der Waals surface area contributed by atoms with E-state index in [9.17, 15) is 13.6 Å². The molecule has 30 heavy (non-hydrogen) atoms. The van der Waals surface area contributed by atoms with Gasteiger partial charge in [0.2, 0.25) is 0 Å². The molecule has 0 aliphatic carbocycles. The highest BCUT2D eigenvalue weighted by atomic mass is 19.1. The van der Waals surface area contributed by atoms with Crippen LogP contribution in [0.5, 0.6) is 5.75 Å². The first-order valence-corrected chi connectivity index (χ1v) is 9.96. The van der Waals surface area contributed by atoms with Crippen molar-refractivity contribution in [2.45, 2.75) is 25.3 Å². The van der Waals surface area contributed by atoms with Crippen LogP contribution >= 0.6 is 0 Å². The largest absolute Gasteiger partial charge is 0.484 e. The van der Waals surface area contributed by atoms with Gasteiger partial charge in [0, 0.05) is 18.7 Å². The minimum absolute atomic E-state index is 0.106. The van der Waals surface area contributed by atoms with E-state index >= 15 is 0 Å². The van der Waals surface area contributed by atoms with Crippen molar-refractivity contribution in [3.05, 3.63) is 95.3 Å². The molecule has 1 amide bonds. The molecule has 2 heterocycles. The van der Waals surface area contributed by atoms with E-state index in [1.165, 1.54) is 36.4 Å². The van der Waals surface area contributed by atoms with Gasteiger partial charge in [-0.1, -0.05) is 18.2 Å². The second-order valence-electron chi connectivity index (χ2n) is 7.35. The van der Waals surface area contributed by atoms with Crippen LogP contribution in [0.3, 0.4) is 0 Å². The summed E-state index contributed by atoms with van der Waals surface area (Å²) in [7, 11) is 0. The van der Waals surface area contributed by atoms with Crippen molar-refractivity contribution in [1.29, 1.82) is 0 Å². The standard InChI is InChI=1S/C24H22F2N2O2/c25-18-9-11-21(12-10-18)30-16-24(29)28-13-3-8-23(28)22-7-2-6-20(27-22)15-17-4-1-5-19(26)14-17/h1-2,4-7,9-12,14,23H,3,8,13,15-16H2. The van der Waals surface area contributed by atoms with Crippen LogP contribution in [0.2, 0.25) is 0 Å². The van der Waals surface area contributed by atoms with Gasteiger partial charge in [-0.2, -0.15) is 0 Å². The van der Waals surface area contributed by atoms with Crippen LogP contribution in [-0.4, -0.2) is 28.9 Å². The van der Waals surface area contributed by atoms with E-state index in [-0.39, 0.29) is 30.2 Å². The van der Waals surface area contributed by atoms with Crippen LogP contribution in [0, 0.1) is 11.6 Å². The van der Waals surface area contributed by atoms with Gasteiger partial charge in [0.15, 0.2) is 6.61 Å². The number of hydrogen-bond acceptors (Lipinski definition) is 3. The Kier molecular flexibility index (Phi) is 6.02. The fourth-order valence-electron chi connectivity index (χ4n) is 3.77. The fourth-order valence-corrected chi connectivity index (χ4v) is 3.77. The molecule has 154 valence electrons. The molecule has 0 saturated carbocycles. The van der Waals surface area contributed by atoms with Gasteiger partial charge in [-0.05, 0) is 66.9 Å². The highest BCUT2D eigenvalue weighted by Crippen LogP contribution is 2.31. The minimum Gasteiger partial charge on any atom is -0.484 e. The van der Waals surface area contributed by atoms with Crippen LogP contribution in [0.25, 0.3) is 0 Å². The molecule has 0 N–H and O–H groups in total. The summed E-state index contributed by atoms with van der Waals surface area (Å²) < 4.78 is 32.0. The average molecular weight is 408 g/mol. The molecule has 1 atom stereocenters. The Hall–Kier alpha value is -3.28. The minimum atomic E-state index is -0.350. The smallest absolute Gasteiger partial charge is 0.261 e. The summed E-state index contributed by atoms with van der Waals surface area (Å²) >= 11 is 0. The van der Waals surface area contributed by atoms with Gasteiger partial charge >= 0.3 is 0 Å². The number of ether oxygens (including phenoxy) is 1. The molecule has 1 fully saturated rings. The average Bonchev–Trinajstić information content (AvgIpc) is 3.23. The molecule has 6 heteroatoms. The normalized spacial score (nSPS) is 15.9. The monoisotopic (exact) mass is 408 g/mol. The Morgan fingerprint density at radius 2 is 1.83 bits per heavy atom. The third-order valence-corrected chi connectivity index (χ3v) is 5.19. The molecule has 0 radical (unpaired) electrons. The van der Waals surface area contributed by atoms with Crippen LogP contribution in [0.4, 0.5) is 8.78 Å². The zero-order valence-corrected chi connectivity index (χ0v) is 16.4. The summed E-state index contributed by atoms with van der Waals surface area (Å²) in [6, 6.07) is 17.7. The second kappa shape index (κ2) is 9.03. The number of carbonyl (C=O) groups is 1. The number of nitrogens with zero attached hydrogens (tertiary/aromatic N) is 2. The third-order valence-electron chi connectivity index (χ3n) is 5.19. The molecule has 4 rings (SSSR count). The van der Waals surface area contributed by atoms with Crippen molar-refractivity contribution < 1.29 is 18.3 Å². The Bertz CT molecular complexity index is 1020. The van der Waals surface area contributed by atoms with Crippen LogP contribution < -0.4 is 4.74 Å². The maximum absolute atomic E-state index is 13.5. The summed E-state index contributed by atoms with van der Waals surface area (Å²) in [4.78, 5) is 19.3. The summed E-state index contributed by atoms with van der Waals surface area (Å²) in [5, 5.41) is 0. The molecule has 1 unspecified atom stereocenters. The SMILES string of the molecule is O=C(COc1ccc(F)cc1)N1CCCC1c1cccc(Cc2cccc(F)c2)n1. The Labute approximate surface area is 174 Å². The first-order chi connectivity index (χ1) is 14.6. The number of aromatic nitrogens is 1. The Morgan fingerprint density at radius 1 is 1.03 bits per heavy atom. The molecular formula is C24H22F2N2O2. The summed E-state index contributed by atoms with van der Waals surface area (Å²) in [5.41, 5.74) is 2.52. The first kappa shape index (κ1) is 20.0. The van der Waals surface area contributed by atoms with Gasteiger partial charge in [-0.25, -0.2) is 8.78 Å². The van der Waals surface area contributed by atoms with Crippen molar-refractivity contribution in [2.75, 3.05) is 13.2 Å². The quantitative estimate of drug-likeness (QED) is 0.594. The summed E-state index contributed by atoms with van der Waals surface area (Å²) in [6.07, 6.45) is 2.25. The van der Waals surface area contributed by atoms with E-state index < -0.39 is 0 Å². The van der Waals surface area contributed by atoms with E-state index in [1.54, 1.807) is 11.0 Å².